The Morgan fingerprint density at radius 2 is 2.36 bits per heavy atom. The summed E-state index contributed by atoms with van der Waals surface area (Å²) in [6.07, 6.45) is 6.44. The number of piperidine rings is 1. The maximum absolute atomic E-state index is 12.6. The largest absolute Gasteiger partial charge is 0.491 e. The number of carbonyl (C=O) groups is 1. The molecule has 1 fully saturated rings. The number of anilines is 1. The van der Waals surface area contributed by atoms with Crippen LogP contribution in [0.3, 0.4) is 0 Å². The van der Waals surface area contributed by atoms with Crippen molar-refractivity contribution in [3.8, 4) is 5.75 Å². The van der Waals surface area contributed by atoms with Crippen molar-refractivity contribution >= 4 is 11.7 Å². The number of likely N-dealkylation sites (tertiary alicyclic amines) is 1. The van der Waals surface area contributed by atoms with Gasteiger partial charge >= 0.3 is 6.03 Å². The number of ether oxygens (including phenoxy) is 1. The van der Waals surface area contributed by atoms with E-state index in [-0.39, 0.29) is 18.7 Å². The van der Waals surface area contributed by atoms with Gasteiger partial charge in [0.25, 0.3) is 0 Å². The highest BCUT2D eigenvalue weighted by atomic mass is 19.1. The fourth-order valence-electron chi connectivity index (χ4n) is 3.11. The summed E-state index contributed by atoms with van der Waals surface area (Å²) in [7, 11) is 0. The van der Waals surface area contributed by atoms with Crippen LogP contribution in [0, 0.1) is 5.92 Å². The van der Waals surface area contributed by atoms with Gasteiger partial charge in [0, 0.05) is 37.2 Å². The van der Waals surface area contributed by atoms with Gasteiger partial charge in [-0.1, -0.05) is 13.0 Å². The van der Waals surface area contributed by atoms with Crippen molar-refractivity contribution in [1.29, 1.82) is 0 Å². The standard InChI is InChI=1S/C18H23FN4O2/c1-14-5-8-22(12-17(14)23-9-7-20-13-23)18(24)21-15-3-2-4-16(11-15)25-10-6-19/h2-4,7,9,11,13-14,17H,5-6,8,10,12H2,1H3,(H,21,24). The number of rotatable bonds is 5. The second-order valence-electron chi connectivity index (χ2n) is 6.28. The van der Waals surface area contributed by atoms with Crippen molar-refractivity contribution in [2.24, 2.45) is 5.92 Å². The van der Waals surface area contributed by atoms with E-state index in [9.17, 15) is 9.18 Å². The van der Waals surface area contributed by atoms with Gasteiger partial charge in [-0.2, -0.15) is 0 Å². The van der Waals surface area contributed by atoms with E-state index >= 15 is 0 Å². The molecule has 0 bridgehead atoms. The van der Waals surface area contributed by atoms with Gasteiger partial charge in [0.1, 0.15) is 19.0 Å². The number of urea groups is 1. The zero-order valence-electron chi connectivity index (χ0n) is 14.3. The highest BCUT2D eigenvalue weighted by Crippen LogP contribution is 2.28. The average molecular weight is 346 g/mol. The molecule has 1 aromatic heterocycles. The Morgan fingerprint density at radius 3 is 3.12 bits per heavy atom. The number of hydrogen-bond acceptors (Lipinski definition) is 3. The van der Waals surface area contributed by atoms with Crippen LogP contribution >= 0.6 is 0 Å². The van der Waals surface area contributed by atoms with E-state index in [1.807, 2.05) is 11.1 Å². The molecule has 3 rings (SSSR count). The lowest BCUT2D eigenvalue weighted by atomic mass is 9.93. The molecule has 2 amide bonds. The van der Waals surface area contributed by atoms with Crippen LogP contribution < -0.4 is 10.1 Å². The molecule has 25 heavy (non-hydrogen) atoms. The Hall–Kier alpha value is -2.57. The Morgan fingerprint density at radius 1 is 1.48 bits per heavy atom. The van der Waals surface area contributed by atoms with Crippen molar-refractivity contribution in [2.75, 3.05) is 31.7 Å². The van der Waals surface area contributed by atoms with E-state index in [0.29, 0.717) is 23.9 Å². The smallest absolute Gasteiger partial charge is 0.321 e. The maximum atomic E-state index is 12.6. The van der Waals surface area contributed by atoms with Crippen LogP contribution in [0.5, 0.6) is 5.75 Å². The number of benzene rings is 1. The third kappa shape index (κ3) is 4.29. The van der Waals surface area contributed by atoms with E-state index < -0.39 is 6.67 Å². The zero-order valence-corrected chi connectivity index (χ0v) is 14.3. The van der Waals surface area contributed by atoms with Gasteiger partial charge in [-0.25, -0.2) is 14.2 Å². The van der Waals surface area contributed by atoms with Crippen LogP contribution in [0.25, 0.3) is 0 Å². The van der Waals surface area contributed by atoms with Crippen molar-refractivity contribution < 1.29 is 13.9 Å². The number of nitrogens with zero attached hydrogens (tertiary/aromatic N) is 3. The molecule has 2 atom stereocenters. The minimum atomic E-state index is -0.543. The summed E-state index contributed by atoms with van der Waals surface area (Å²) < 4.78 is 19.5. The number of alkyl halides is 1. The summed E-state index contributed by atoms with van der Waals surface area (Å²) in [5, 5.41) is 2.90. The van der Waals surface area contributed by atoms with Crippen molar-refractivity contribution in [3.05, 3.63) is 43.0 Å². The molecular formula is C18H23FN4O2. The summed E-state index contributed by atoms with van der Waals surface area (Å²) >= 11 is 0. The molecule has 0 aliphatic carbocycles. The van der Waals surface area contributed by atoms with Crippen LogP contribution in [0.2, 0.25) is 0 Å². The van der Waals surface area contributed by atoms with Gasteiger partial charge in [0.2, 0.25) is 0 Å². The monoisotopic (exact) mass is 346 g/mol. The quantitative estimate of drug-likeness (QED) is 0.903. The molecule has 7 heteroatoms. The van der Waals surface area contributed by atoms with Crippen LogP contribution in [0.1, 0.15) is 19.4 Å². The third-order valence-electron chi connectivity index (χ3n) is 4.54. The van der Waals surface area contributed by atoms with E-state index in [0.717, 1.165) is 13.0 Å². The normalized spacial score (nSPS) is 20.3. The molecule has 1 saturated heterocycles. The molecule has 6 nitrogen and oxygen atoms in total. The first-order valence-corrected chi connectivity index (χ1v) is 8.49. The minimum Gasteiger partial charge on any atom is -0.491 e. The lowest BCUT2D eigenvalue weighted by Crippen LogP contribution is -2.45. The average Bonchev–Trinajstić information content (AvgIpc) is 3.15. The van der Waals surface area contributed by atoms with Crippen LogP contribution in [-0.4, -0.2) is 46.9 Å². The third-order valence-corrected chi connectivity index (χ3v) is 4.54. The van der Waals surface area contributed by atoms with E-state index in [4.69, 9.17) is 4.74 Å². The van der Waals surface area contributed by atoms with Crippen molar-refractivity contribution in [2.45, 2.75) is 19.4 Å². The van der Waals surface area contributed by atoms with Crippen molar-refractivity contribution in [3.63, 3.8) is 0 Å². The topological polar surface area (TPSA) is 59.4 Å². The van der Waals surface area contributed by atoms with Crippen LogP contribution in [-0.2, 0) is 0 Å². The molecule has 0 spiro atoms. The Bertz CT molecular complexity index is 692. The number of nitrogens with one attached hydrogen (secondary N) is 1. The van der Waals surface area contributed by atoms with Gasteiger partial charge in [0.15, 0.2) is 0 Å². The summed E-state index contributed by atoms with van der Waals surface area (Å²) in [6, 6.07) is 7.09. The molecule has 2 heterocycles. The SMILES string of the molecule is CC1CCN(C(=O)Nc2cccc(OCCF)c2)CC1n1ccnc1. The predicted octanol–water partition coefficient (Wildman–Crippen LogP) is 3.35. The molecule has 1 N–H and O–H groups in total. The summed E-state index contributed by atoms with van der Waals surface area (Å²) in [6.45, 7) is 3.02. The molecule has 0 radical (unpaired) electrons. The molecule has 1 aliphatic heterocycles. The number of carbonyl (C=O) groups excluding carboxylic acids is 1. The summed E-state index contributed by atoms with van der Waals surface area (Å²) in [5.74, 6) is 1.02. The van der Waals surface area contributed by atoms with Crippen molar-refractivity contribution in [1.82, 2.24) is 14.5 Å². The summed E-state index contributed by atoms with van der Waals surface area (Å²) in [4.78, 5) is 18.5. The Kier molecular flexibility index (Phi) is 5.53. The Labute approximate surface area is 146 Å². The number of halogens is 1. The minimum absolute atomic E-state index is 0.00794. The molecule has 1 aromatic carbocycles. The first kappa shape index (κ1) is 17.3. The second-order valence-corrected chi connectivity index (χ2v) is 6.28. The van der Waals surface area contributed by atoms with E-state index in [1.54, 1.807) is 36.8 Å². The molecule has 1 aliphatic rings. The van der Waals surface area contributed by atoms with E-state index in [1.165, 1.54) is 0 Å². The summed E-state index contributed by atoms with van der Waals surface area (Å²) in [5.41, 5.74) is 0.638. The fraction of sp³-hybridized carbons (Fsp3) is 0.444. The molecule has 2 aromatic rings. The van der Waals surface area contributed by atoms with Crippen LogP contribution in [0.4, 0.5) is 14.9 Å². The zero-order chi connectivity index (χ0) is 17.6. The molecule has 0 saturated carbocycles. The van der Waals surface area contributed by atoms with Crippen LogP contribution in [0.15, 0.2) is 43.0 Å². The van der Waals surface area contributed by atoms with Gasteiger partial charge in [-0.05, 0) is 24.5 Å². The van der Waals surface area contributed by atoms with Gasteiger partial charge in [0.05, 0.1) is 12.4 Å². The highest BCUT2D eigenvalue weighted by molar-refractivity contribution is 5.89. The number of amides is 2. The molecular weight excluding hydrogens is 323 g/mol. The highest BCUT2D eigenvalue weighted by Gasteiger charge is 2.29. The first-order chi connectivity index (χ1) is 12.2. The van der Waals surface area contributed by atoms with Gasteiger partial charge in [-0.15, -0.1) is 0 Å². The maximum Gasteiger partial charge on any atom is 0.321 e. The fourth-order valence-corrected chi connectivity index (χ4v) is 3.11. The van der Waals surface area contributed by atoms with Gasteiger partial charge in [-0.3, -0.25) is 0 Å². The lowest BCUT2D eigenvalue weighted by molar-refractivity contribution is 0.149. The second kappa shape index (κ2) is 8.00. The lowest BCUT2D eigenvalue weighted by Gasteiger charge is -2.37. The first-order valence-electron chi connectivity index (χ1n) is 8.49. The Balaban J connectivity index is 1.63. The van der Waals surface area contributed by atoms with E-state index in [2.05, 4.69) is 21.8 Å². The molecule has 2 unspecified atom stereocenters. The van der Waals surface area contributed by atoms with Gasteiger partial charge < -0.3 is 19.5 Å². The number of aromatic nitrogens is 2. The number of hydrogen-bond donors (Lipinski definition) is 1. The predicted molar refractivity (Wildman–Crippen MR) is 93.5 cm³/mol. The molecule has 134 valence electrons. The number of imidazole rings is 1.